The molecule has 1 aromatic rings. The number of nitrogen functional groups attached to an aromatic ring is 1. The van der Waals surface area contributed by atoms with Crippen molar-refractivity contribution in [3.63, 3.8) is 0 Å². The molecule has 2 heterocycles. The van der Waals surface area contributed by atoms with Crippen LogP contribution in [0.2, 0.25) is 0 Å². The maximum absolute atomic E-state index is 12.5. The van der Waals surface area contributed by atoms with Crippen LogP contribution in [0.15, 0.2) is 0 Å². The minimum absolute atomic E-state index is 0.0225. The van der Waals surface area contributed by atoms with Gasteiger partial charge in [0.1, 0.15) is 10.7 Å². The zero-order chi connectivity index (χ0) is 13.8. The smallest absolute Gasteiger partial charge is 0.267 e. The maximum atomic E-state index is 12.5. The van der Waals surface area contributed by atoms with Gasteiger partial charge in [-0.1, -0.05) is 11.3 Å². The predicted octanol–water partition coefficient (Wildman–Crippen LogP) is 2.12. The monoisotopic (exact) mass is 300 g/mol. The molecule has 0 atom stereocenters. The Labute approximate surface area is 122 Å². The molecule has 0 bridgehead atoms. The van der Waals surface area contributed by atoms with Gasteiger partial charge >= 0.3 is 0 Å². The Balaban J connectivity index is 2.11. The van der Waals surface area contributed by atoms with Gasteiger partial charge in [-0.15, -0.1) is 0 Å². The molecule has 1 amide bonds. The summed E-state index contributed by atoms with van der Waals surface area (Å²) in [6, 6.07) is 0.281. The molecule has 1 aromatic heterocycles. The van der Waals surface area contributed by atoms with Gasteiger partial charge in [-0.2, -0.15) is 11.8 Å². The SMILES string of the molecule is CC(C)Nc1nc(N)c(C(=O)N2CCCSCC2)s1. The van der Waals surface area contributed by atoms with Crippen molar-refractivity contribution in [3.05, 3.63) is 4.88 Å². The molecule has 7 heteroatoms. The Morgan fingerprint density at radius 3 is 2.95 bits per heavy atom. The number of nitrogens with two attached hydrogens (primary N) is 1. The van der Waals surface area contributed by atoms with Gasteiger partial charge in [0.05, 0.1) is 0 Å². The van der Waals surface area contributed by atoms with Crippen molar-refractivity contribution in [2.45, 2.75) is 26.3 Å². The Kier molecular flexibility index (Phi) is 4.93. The van der Waals surface area contributed by atoms with Gasteiger partial charge in [0, 0.05) is 24.9 Å². The molecule has 19 heavy (non-hydrogen) atoms. The average Bonchev–Trinajstić information content (AvgIpc) is 2.57. The molecule has 0 unspecified atom stereocenters. The van der Waals surface area contributed by atoms with E-state index in [-0.39, 0.29) is 11.9 Å². The summed E-state index contributed by atoms with van der Waals surface area (Å²) in [5.74, 6) is 2.49. The second-order valence-corrected chi connectivity index (χ2v) is 7.01. The van der Waals surface area contributed by atoms with E-state index in [0.29, 0.717) is 10.7 Å². The molecule has 106 valence electrons. The Hall–Kier alpha value is -0.950. The third-order valence-electron chi connectivity index (χ3n) is 2.77. The number of thioether (sulfide) groups is 1. The van der Waals surface area contributed by atoms with E-state index in [9.17, 15) is 4.79 Å². The summed E-state index contributed by atoms with van der Waals surface area (Å²) in [4.78, 5) is 19.1. The summed E-state index contributed by atoms with van der Waals surface area (Å²) in [6.07, 6.45) is 1.05. The van der Waals surface area contributed by atoms with Crippen LogP contribution in [0.1, 0.15) is 29.9 Å². The number of thiazole rings is 1. The third-order valence-corrected chi connectivity index (χ3v) is 4.81. The van der Waals surface area contributed by atoms with Crippen LogP contribution in [0.25, 0.3) is 0 Å². The van der Waals surface area contributed by atoms with Crippen molar-refractivity contribution in [2.75, 3.05) is 35.6 Å². The summed E-state index contributed by atoms with van der Waals surface area (Å²) >= 11 is 3.25. The largest absolute Gasteiger partial charge is 0.382 e. The molecule has 1 aliphatic heterocycles. The number of hydrogen-bond acceptors (Lipinski definition) is 6. The van der Waals surface area contributed by atoms with Gasteiger partial charge < -0.3 is 16.0 Å². The summed E-state index contributed by atoms with van der Waals surface area (Å²) in [6.45, 7) is 5.68. The molecule has 0 radical (unpaired) electrons. The molecule has 0 aromatic carbocycles. The first-order valence-corrected chi connectivity index (χ1v) is 8.45. The molecule has 2 rings (SSSR count). The van der Waals surface area contributed by atoms with Crippen molar-refractivity contribution in [2.24, 2.45) is 0 Å². The average molecular weight is 300 g/mol. The lowest BCUT2D eigenvalue weighted by atomic mass is 10.3. The molecule has 5 nitrogen and oxygen atoms in total. The van der Waals surface area contributed by atoms with Gasteiger partial charge in [-0.05, 0) is 26.0 Å². The minimum Gasteiger partial charge on any atom is -0.382 e. The highest BCUT2D eigenvalue weighted by atomic mass is 32.2. The molecule has 1 saturated heterocycles. The normalized spacial score (nSPS) is 16.5. The molecular formula is C12H20N4OS2. The van der Waals surface area contributed by atoms with E-state index in [4.69, 9.17) is 5.73 Å². The number of aromatic nitrogens is 1. The van der Waals surface area contributed by atoms with Crippen LogP contribution in [-0.4, -0.2) is 46.4 Å². The maximum Gasteiger partial charge on any atom is 0.267 e. The molecular weight excluding hydrogens is 280 g/mol. The first-order chi connectivity index (χ1) is 9.08. The highest BCUT2D eigenvalue weighted by Gasteiger charge is 2.23. The second-order valence-electron chi connectivity index (χ2n) is 4.79. The fourth-order valence-corrected chi connectivity index (χ4v) is 3.77. The van der Waals surface area contributed by atoms with Crippen LogP contribution in [0.4, 0.5) is 10.9 Å². The van der Waals surface area contributed by atoms with Gasteiger partial charge in [0.15, 0.2) is 5.13 Å². The lowest BCUT2D eigenvalue weighted by molar-refractivity contribution is 0.0774. The molecule has 1 fully saturated rings. The zero-order valence-corrected chi connectivity index (χ0v) is 12.9. The van der Waals surface area contributed by atoms with E-state index >= 15 is 0 Å². The summed E-state index contributed by atoms with van der Waals surface area (Å²) in [7, 11) is 0. The number of carbonyl (C=O) groups is 1. The van der Waals surface area contributed by atoms with Crippen LogP contribution in [0, 0.1) is 0 Å². The molecule has 1 aliphatic rings. The number of hydrogen-bond donors (Lipinski definition) is 2. The van der Waals surface area contributed by atoms with Crippen molar-refractivity contribution in [1.29, 1.82) is 0 Å². The van der Waals surface area contributed by atoms with Crippen molar-refractivity contribution >= 4 is 40.0 Å². The van der Waals surface area contributed by atoms with Crippen LogP contribution in [0.3, 0.4) is 0 Å². The van der Waals surface area contributed by atoms with Crippen LogP contribution < -0.4 is 11.1 Å². The highest BCUT2D eigenvalue weighted by Crippen LogP contribution is 2.27. The van der Waals surface area contributed by atoms with Crippen LogP contribution in [-0.2, 0) is 0 Å². The first kappa shape index (κ1) is 14.5. The standard InChI is InChI=1S/C12H20N4OS2/c1-8(2)14-12-15-10(13)9(19-12)11(17)16-4-3-6-18-7-5-16/h8H,3-7,13H2,1-2H3,(H,14,15). The molecule has 3 N–H and O–H groups in total. The van der Waals surface area contributed by atoms with Gasteiger partial charge in [-0.25, -0.2) is 4.98 Å². The predicted molar refractivity (Wildman–Crippen MR) is 83.1 cm³/mol. The lowest BCUT2D eigenvalue weighted by Crippen LogP contribution is -2.32. The Morgan fingerprint density at radius 1 is 1.42 bits per heavy atom. The van der Waals surface area contributed by atoms with E-state index in [1.807, 2.05) is 30.5 Å². The van der Waals surface area contributed by atoms with Gasteiger partial charge in [0.25, 0.3) is 5.91 Å². The number of nitrogens with zero attached hydrogens (tertiary/aromatic N) is 2. The number of amides is 1. The first-order valence-electron chi connectivity index (χ1n) is 6.48. The molecule has 0 saturated carbocycles. The topological polar surface area (TPSA) is 71.2 Å². The van der Waals surface area contributed by atoms with Crippen molar-refractivity contribution < 1.29 is 4.79 Å². The van der Waals surface area contributed by atoms with Gasteiger partial charge in [0.2, 0.25) is 0 Å². The summed E-state index contributed by atoms with van der Waals surface area (Å²) < 4.78 is 0. The fourth-order valence-electron chi connectivity index (χ4n) is 1.89. The number of rotatable bonds is 3. The van der Waals surface area contributed by atoms with Gasteiger partial charge in [-0.3, -0.25) is 4.79 Å². The van der Waals surface area contributed by atoms with Crippen LogP contribution >= 0.6 is 23.1 Å². The van der Waals surface area contributed by atoms with Crippen LogP contribution in [0.5, 0.6) is 0 Å². The number of carbonyl (C=O) groups excluding carboxylic acids is 1. The second kappa shape index (κ2) is 6.47. The van der Waals surface area contributed by atoms with E-state index in [2.05, 4.69) is 10.3 Å². The van der Waals surface area contributed by atoms with E-state index < -0.39 is 0 Å². The van der Waals surface area contributed by atoms with Crippen molar-refractivity contribution in [1.82, 2.24) is 9.88 Å². The lowest BCUT2D eigenvalue weighted by Gasteiger charge is -2.18. The summed E-state index contributed by atoms with van der Waals surface area (Å²) in [5.41, 5.74) is 5.87. The molecule has 0 aliphatic carbocycles. The quantitative estimate of drug-likeness (QED) is 0.895. The van der Waals surface area contributed by atoms with Crippen molar-refractivity contribution in [3.8, 4) is 0 Å². The summed E-state index contributed by atoms with van der Waals surface area (Å²) in [5, 5.41) is 3.91. The highest BCUT2D eigenvalue weighted by molar-refractivity contribution is 7.99. The molecule has 0 spiro atoms. The Bertz CT molecular complexity index is 439. The van der Waals surface area contributed by atoms with E-state index in [1.165, 1.54) is 11.3 Å². The zero-order valence-electron chi connectivity index (χ0n) is 11.3. The number of nitrogens with one attached hydrogen (secondary N) is 1. The fraction of sp³-hybridized carbons (Fsp3) is 0.667. The van der Waals surface area contributed by atoms with E-state index in [0.717, 1.165) is 36.1 Å². The number of anilines is 2. The Morgan fingerprint density at radius 2 is 2.21 bits per heavy atom. The minimum atomic E-state index is 0.0225. The third kappa shape index (κ3) is 3.76. The van der Waals surface area contributed by atoms with E-state index in [1.54, 1.807) is 0 Å².